The van der Waals surface area contributed by atoms with Gasteiger partial charge >= 0.3 is 0 Å². The zero-order chi connectivity index (χ0) is 20.1. The Bertz CT molecular complexity index is 1000. The molecule has 0 saturated heterocycles. The number of rotatable bonds is 6. The van der Waals surface area contributed by atoms with Gasteiger partial charge in [-0.05, 0) is 87.2 Å². The van der Waals surface area contributed by atoms with E-state index in [4.69, 9.17) is 5.26 Å². The summed E-state index contributed by atoms with van der Waals surface area (Å²) < 4.78 is 1.95. The molecule has 142 valence electrons. The molecule has 0 spiro atoms. The number of aryl methyl sites for hydroxylation is 2. The maximum Gasteiger partial charge on any atom is 0.229 e. The van der Waals surface area contributed by atoms with Crippen molar-refractivity contribution in [1.29, 1.82) is 5.26 Å². The van der Waals surface area contributed by atoms with E-state index in [2.05, 4.69) is 77.6 Å². The van der Waals surface area contributed by atoms with Crippen molar-refractivity contribution < 1.29 is 0 Å². The third-order valence-electron chi connectivity index (χ3n) is 4.13. The van der Waals surface area contributed by atoms with Crippen LogP contribution >= 0.6 is 31.9 Å². The van der Waals surface area contributed by atoms with Gasteiger partial charge in [0.2, 0.25) is 5.95 Å². The minimum atomic E-state index is 0.479. The smallest absolute Gasteiger partial charge is 0.229 e. The molecule has 5 nitrogen and oxygen atoms in total. The maximum absolute atomic E-state index is 8.91. The van der Waals surface area contributed by atoms with E-state index in [0.29, 0.717) is 11.5 Å². The van der Waals surface area contributed by atoms with Gasteiger partial charge in [0.1, 0.15) is 5.82 Å². The number of nitriles is 1. The molecule has 0 bridgehead atoms. The first-order valence-corrected chi connectivity index (χ1v) is 10.4. The second-order valence-electron chi connectivity index (χ2n) is 6.35. The van der Waals surface area contributed by atoms with Crippen molar-refractivity contribution in [2.45, 2.75) is 26.7 Å². The Balaban J connectivity index is 1.85. The highest BCUT2D eigenvalue weighted by molar-refractivity contribution is 9.11. The van der Waals surface area contributed by atoms with Crippen LogP contribution in [0.25, 0.3) is 0 Å². The lowest BCUT2D eigenvalue weighted by molar-refractivity contribution is 0.920. The number of nitrogens with one attached hydrogen (secondary N) is 2. The fourth-order valence-electron chi connectivity index (χ4n) is 2.68. The molecule has 0 fully saturated rings. The van der Waals surface area contributed by atoms with Crippen molar-refractivity contribution >= 4 is 55.0 Å². The van der Waals surface area contributed by atoms with Crippen molar-refractivity contribution in [2.75, 3.05) is 10.6 Å². The monoisotopic (exact) mass is 499 g/mol. The van der Waals surface area contributed by atoms with Crippen LogP contribution in [0.3, 0.4) is 0 Å². The van der Waals surface area contributed by atoms with Crippen molar-refractivity contribution in [3.63, 3.8) is 0 Å². The van der Waals surface area contributed by atoms with Gasteiger partial charge in [0.15, 0.2) is 0 Å². The Morgan fingerprint density at radius 3 is 2.36 bits per heavy atom. The quantitative estimate of drug-likeness (QED) is 0.397. The molecule has 0 aliphatic rings. The van der Waals surface area contributed by atoms with Crippen LogP contribution in [0.15, 0.2) is 51.5 Å². The molecule has 0 saturated carbocycles. The third kappa shape index (κ3) is 4.89. The van der Waals surface area contributed by atoms with Crippen molar-refractivity contribution in [3.05, 3.63) is 68.2 Å². The molecule has 28 heavy (non-hydrogen) atoms. The van der Waals surface area contributed by atoms with E-state index in [-0.39, 0.29) is 0 Å². The molecule has 1 aromatic heterocycles. The van der Waals surface area contributed by atoms with Crippen LogP contribution in [-0.4, -0.2) is 9.97 Å². The van der Waals surface area contributed by atoms with Crippen molar-refractivity contribution in [2.24, 2.45) is 0 Å². The fraction of sp³-hybridized carbons (Fsp3) is 0.190. The van der Waals surface area contributed by atoms with E-state index in [1.807, 2.05) is 19.1 Å². The number of aromatic nitrogens is 2. The predicted molar refractivity (Wildman–Crippen MR) is 120 cm³/mol. The molecular formula is C21H19Br2N5. The van der Waals surface area contributed by atoms with E-state index in [0.717, 1.165) is 44.5 Å². The number of hydrogen-bond acceptors (Lipinski definition) is 5. The average molecular weight is 501 g/mol. The summed E-state index contributed by atoms with van der Waals surface area (Å²) in [5.74, 6) is 1.20. The summed E-state index contributed by atoms with van der Waals surface area (Å²) in [5, 5.41) is 15.5. The highest BCUT2D eigenvalue weighted by Gasteiger charge is 2.11. The zero-order valence-electron chi connectivity index (χ0n) is 15.6. The standard InChI is InChI=1S/C21H19Br2N5/c1-3-4-15-9-17(22)19(18(23)10-15)27-20-13(2)12-25-21(28-20)26-16-7-5-14(11-24)6-8-16/h5-10,12H,3-4H2,1-2H3,(H2,25,26,27,28). The Hall–Kier alpha value is -2.43. The average Bonchev–Trinajstić information content (AvgIpc) is 2.68. The van der Waals surface area contributed by atoms with Crippen LogP contribution in [0.2, 0.25) is 0 Å². The number of hydrogen-bond donors (Lipinski definition) is 2. The second kappa shape index (κ2) is 9.18. The van der Waals surface area contributed by atoms with Gasteiger partial charge in [-0.25, -0.2) is 4.98 Å². The number of nitrogens with zero attached hydrogens (tertiary/aromatic N) is 3. The summed E-state index contributed by atoms with van der Waals surface area (Å²) in [6, 6.07) is 13.5. The number of anilines is 4. The van der Waals surface area contributed by atoms with Crippen molar-refractivity contribution in [3.8, 4) is 6.07 Å². The molecule has 3 aromatic rings. The molecule has 0 radical (unpaired) electrons. The molecule has 0 unspecified atom stereocenters. The predicted octanol–water partition coefficient (Wildman–Crippen LogP) is 6.62. The highest BCUT2D eigenvalue weighted by atomic mass is 79.9. The van der Waals surface area contributed by atoms with Crippen LogP contribution in [0.4, 0.5) is 23.1 Å². The summed E-state index contributed by atoms with van der Waals surface area (Å²) in [6.45, 7) is 4.13. The molecule has 2 aromatic carbocycles. The lowest BCUT2D eigenvalue weighted by atomic mass is 10.1. The van der Waals surface area contributed by atoms with Gasteiger partial charge in [-0.3, -0.25) is 0 Å². The lowest BCUT2D eigenvalue weighted by Gasteiger charge is -2.15. The molecular weight excluding hydrogens is 482 g/mol. The van der Waals surface area contributed by atoms with Gasteiger partial charge in [0.25, 0.3) is 0 Å². The first kappa shape index (κ1) is 20.3. The molecule has 2 N–H and O–H groups in total. The van der Waals surface area contributed by atoms with Gasteiger partial charge in [-0.1, -0.05) is 13.3 Å². The van der Waals surface area contributed by atoms with E-state index in [1.165, 1.54) is 5.56 Å². The summed E-state index contributed by atoms with van der Waals surface area (Å²) >= 11 is 7.32. The molecule has 3 rings (SSSR count). The summed E-state index contributed by atoms with van der Waals surface area (Å²) in [5.41, 5.74) is 4.56. The van der Waals surface area contributed by atoms with Gasteiger partial charge < -0.3 is 10.6 Å². The Labute approximate surface area is 181 Å². The maximum atomic E-state index is 8.91. The lowest BCUT2D eigenvalue weighted by Crippen LogP contribution is -2.04. The summed E-state index contributed by atoms with van der Waals surface area (Å²) in [6.07, 6.45) is 3.90. The third-order valence-corrected chi connectivity index (χ3v) is 5.38. The minimum absolute atomic E-state index is 0.479. The Morgan fingerprint density at radius 2 is 1.75 bits per heavy atom. The molecule has 0 aliphatic carbocycles. The SMILES string of the molecule is CCCc1cc(Br)c(Nc2nc(Nc3ccc(C#N)cc3)ncc2C)c(Br)c1. The molecule has 7 heteroatoms. The minimum Gasteiger partial charge on any atom is -0.338 e. The van der Waals surface area contributed by atoms with E-state index >= 15 is 0 Å². The van der Waals surface area contributed by atoms with E-state index < -0.39 is 0 Å². The molecule has 0 aliphatic heterocycles. The van der Waals surface area contributed by atoms with Gasteiger partial charge in [0.05, 0.1) is 17.3 Å². The molecule has 0 atom stereocenters. The van der Waals surface area contributed by atoms with Crippen LogP contribution in [-0.2, 0) is 6.42 Å². The number of halogens is 2. The van der Waals surface area contributed by atoms with Crippen LogP contribution in [0.1, 0.15) is 30.0 Å². The zero-order valence-corrected chi connectivity index (χ0v) is 18.7. The van der Waals surface area contributed by atoms with Crippen LogP contribution in [0, 0.1) is 18.3 Å². The number of benzene rings is 2. The summed E-state index contributed by atoms with van der Waals surface area (Å²) in [4.78, 5) is 8.96. The van der Waals surface area contributed by atoms with Gasteiger partial charge in [-0.15, -0.1) is 0 Å². The Kier molecular flexibility index (Phi) is 6.65. The Morgan fingerprint density at radius 1 is 1.07 bits per heavy atom. The van der Waals surface area contributed by atoms with E-state index in [1.54, 1.807) is 18.3 Å². The second-order valence-corrected chi connectivity index (χ2v) is 8.06. The molecule has 0 amide bonds. The first-order chi connectivity index (χ1) is 13.5. The first-order valence-electron chi connectivity index (χ1n) is 8.86. The van der Waals surface area contributed by atoms with Gasteiger partial charge in [-0.2, -0.15) is 10.2 Å². The fourth-order valence-corrected chi connectivity index (χ4v) is 4.16. The van der Waals surface area contributed by atoms with Crippen molar-refractivity contribution in [1.82, 2.24) is 9.97 Å². The van der Waals surface area contributed by atoms with Gasteiger partial charge in [0, 0.05) is 26.4 Å². The highest BCUT2D eigenvalue weighted by Crippen LogP contribution is 2.35. The molecule has 1 heterocycles. The largest absolute Gasteiger partial charge is 0.338 e. The van der Waals surface area contributed by atoms with Crippen LogP contribution in [0.5, 0.6) is 0 Å². The summed E-state index contributed by atoms with van der Waals surface area (Å²) in [7, 11) is 0. The van der Waals surface area contributed by atoms with E-state index in [9.17, 15) is 0 Å². The normalized spacial score (nSPS) is 10.4. The topological polar surface area (TPSA) is 73.6 Å². The van der Waals surface area contributed by atoms with Crippen LogP contribution < -0.4 is 10.6 Å².